The van der Waals surface area contributed by atoms with Crippen molar-refractivity contribution >= 4 is 22.6 Å². The molecule has 0 aliphatic rings. The minimum absolute atomic E-state index is 0.0560. The minimum Gasteiger partial charge on any atom is -0.359 e. The zero-order valence-corrected chi connectivity index (χ0v) is 10.1. The Bertz CT molecular complexity index is 519. The molecule has 2 rings (SSSR count). The monoisotopic (exact) mass is 317 g/mol. The van der Waals surface area contributed by atoms with E-state index in [1.807, 2.05) is 29.5 Å². The van der Waals surface area contributed by atoms with E-state index in [-0.39, 0.29) is 5.56 Å². The minimum atomic E-state index is -0.0560. The van der Waals surface area contributed by atoms with Crippen molar-refractivity contribution in [3.63, 3.8) is 0 Å². The van der Waals surface area contributed by atoms with Gasteiger partial charge in [-0.3, -0.25) is 9.36 Å². The Morgan fingerprint density at radius 1 is 1.60 bits per heavy atom. The van der Waals surface area contributed by atoms with E-state index in [1.165, 1.54) is 10.9 Å². The van der Waals surface area contributed by atoms with E-state index in [4.69, 9.17) is 4.52 Å². The largest absolute Gasteiger partial charge is 0.359 e. The van der Waals surface area contributed by atoms with Gasteiger partial charge >= 0.3 is 0 Å². The van der Waals surface area contributed by atoms with Gasteiger partial charge in [0.15, 0.2) is 5.76 Å². The fourth-order valence-corrected chi connectivity index (χ4v) is 1.60. The molecule has 0 amide bonds. The smallest absolute Gasteiger partial charge is 0.267 e. The third kappa shape index (κ3) is 2.09. The Labute approximate surface area is 99.3 Å². The van der Waals surface area contributed by atoms with Crippen LogP contribution in [-0.2, 0) is 6.54 Å². The van der Waals surface area contributed by atoms with E-state index in [0.29, 0.717) is 15.9 Å². The summed E-state index contributed by atoms with van der Waals surface area (Å²) in [5, 5.41) is 3.58. The van der Waals surface area contributed by atoms with Gasteiger partial charge in [-0.15, -0.1) is 0 Å². The second kappa shape index (κ2) is 4.13. The zero-order valence-electron chi connectivity index (χ0n) is 7.98. The summed E-state index contributed by atoms with van der Waals surface area (Å²) in [6.45, 7) is 2.17. The summed E-state index contributed by atoms with van der Waals surface area (Å²) in [4.78, 5) is 15.9. The molecule has 0 saturated heterocycles. The van der Waals surface area contributed by atoms with E-state index in [9.17, 15) is 4.79 Å². The number of aromatic nitrogens is 3. The molecule has 0 aliphatic carbocycles. The lowest BCUT2D eigenvalue weighted by atomic mass is 10.4. The molecular weight excluding hydrogens is 309 g/mol. The maximum atomic E-state index is 11.8. The number of halogens is 1. The summed E-state index contributed by atoms with van der Waals surface area (Å²) in [5.74, 6) is 0.638. The van der Waals surface area contributed by atoms with Crippen LogP contribution in [0.3, 0.4) is 0 Å². The fraction of sp³-hybridized carbons (Fsp3) is 0.222. The molecule has 0 fully saturated rings. The Balaban J connectivity index is 2.38. The molecule has 6 heteroatoms. The Kier molecular flexibility index (Phi) is 2.85. The van der Waals surface area contributed by atoms with Crippen LogP contribution in [0.1, 0.15) is 11.5 Å². The molecule has 0 unspecified atom stereocenters. The zero-order chi connectivity index (χ0) is 10.8. The van der Waals surface area contributed by atoms with Crippen molar-refractivity contribution in [1.29, 1.82) is 0 Å². The number of hydrogen-bond donors (Lipinski definition) is 0. The Hall–Kier alpha value is -1.18. The lowest BCUT2D eigenvalue weighted by molar-refractivity contribution is 0.374. The first-order valence-electron chi connectivity index (χ1n) is 4.29. The second-order valence-corrected chi connectivity index (χ2v) is 4.13. The van der Waals surface area contributed by atoms with Gasteiger partial charge in [-0.1, -0.05) is 5.16 Å². The molecule has 0 bridgehead atoms. The van der Waals surface area contributed by atoms with Gasteiger partial charge in [-0.05, 0) is 29.5 Å². The van der Waals surface area contributed by atoms with E-state index < -0.39 is 0 Å². The van der Waals surface area contributed by atoms with Gasteiger partial charge in [0.25, 0.3) is 5.56 Å². The number of nitrogens with zero attached hydrogens (tertiary/aromatic N) is 3. The highest BCUT2D eigenvalue weighted by atomic mass is 127. The lowest BCUT2D eigenvalue weighted by Gasteiger charge is -2.03. The molecule has 0 N–H and O–H groups in total. The summed E-state index contributed by atoms with van der Waals surface area (Å²) >= 11 is 1.99. The lowest BCUT2D eigenvalue weighted by Crippen LogP contribution is -2.24. The number of hydrogen-bond acceptors (Lipinski definition) is 4. The number of aryl methyl sites for hydroxylation is 1. The summed E-state index contributed by atoms with van der Waals surface area (Å²) in [6, 6.07) is 1.72. The van der Waals surface area contributed by atoms with Crippen LogP contribution in [0.2, 0.25) is 0 Å². The molecular formula is C9H8IN3O2. The van der Waals surface area contributed by atoms with Crippen LogP contribution in [0.25, 0.3) is 0 Å². The standard InChI is InChI=1S/C9H8IN3O2/c1-6-8(10)9(14)13(5-11-6)4-7-2-3-12-15-7/h2-3,5H,4H2,1H3. The predicted molar refractivity (Wildman–Crippen MR) is 61.6 cm³/mol. The molecule has 0 saturated carbocycles. The first kappa shape index (κ1) is 10.3. The van der Waals surface area contributed by atoms with Gasteiger partial charge in [-0.25, -0.2) is 4.98 Å². The quantitative estimate of drug-likeness (QED) is 0.781. The van der Waals surface area contributed by atoms with Crippen LogP contribution >= 0.6 is 22.6 Å². The molecule has 2 aromatic heterocycles. The molecule has 2 aromatic rings. The van der Waals surface area contributed by atoms with Gasteiger partial charge in [0.1, 0.15) is 0 Å². The van der Waals surface area contributed by atoms with Crippen LogP contribution in [0.15, 0.2) is 27.9 Å². The molecule has 78 valence electrons. The molecule has 0 aromatic carbocycles. The van der Waals surface area contributed by atoms with Crippen molar-refractivity contribution in [1.82, 2.24) is 14.7 Å². The normalized spacial score (nSPS) is 10.5. The average Bonchev–Trinajstić information content (AvgIpc) is 2.72. The highest BCUT2D eigenvalue weighted by Gasteiger charge is 2.06. The van der Waals surface area contributed by atoms with Crippen molar-refractivity contribution in [2.24, 2.45) is 0 Å². The van der Waals surface area contributed by atoms with Crippen LogP contribution in [0.4, 0.5) is 0 Å². The maximum Gasteiger partial charge on any atom is 0.267 e. The average molecular weight is 317 g/mol. The highest BCUT2D eigenvalue weighted by molar-refractivity contribution is 14.1. The maximum absolute atomic E-state index is 11.8. The van der Waals surface area contributed by atoms with Gasteiger partial charge in [0, 0.05) is 6.07 Å². The van der Waals surface area contributed by atoms with Crippen molar-refractivity contribution in [3.05, 3.63) is 44.0 Å². The summed E-state index contributed by atoms with van der Waals surface area (Å²) in [7, 11) is 0. The van der Waals surface area contributed by atoms with E-state index in [1.54, 1.807) is 12.3 Å². The first-order valence-corrected chi connectivity index (χ1v) is 5.37. The van der Waals surface area contributed by atoms with Crippen LogP contribution in [-0.4, -0.2) is 14.7 Å². The number of rotatable bonds is 2. The summed E-state index contributed by atoms with van der Waals surface area (Å²) in [6.07, 6.45) is 3.06. The van der Waals surface area contributed by atoms with Crippen molar-refractivity contribution in [2.45, 2.75) is 13.5 Å². The molecule has 0 aliphatic heterocycles. The molecule has 0 spiro atoms. The van der Waals surface area contributed by atoms with Crippen LogP contribution in [0, 0.1) is 10.5 Å². The molecule has 2 heterocycles. The highest BCUT2D eigenvalue weighted by Crippen LogP contribution is 2.03. The van der Waals surface area contributed by atoms with Crippen LogP contribution in [0.5, 0.6) is 0 Å². The molecule has 0 radical (unpaired) electrons. The van der Waals surface area contributed by atoms with Gasteiger partial charge in [0.2, 0.25) is 0 Å². The third-order valence-corrected chi connectivity index (χ3v) is 3.22. The van der Waals surface area contributed by atoms with E-state index >= 15 is 0 Å². The molecule has 0 atom stereocenters. The van der Waals surface area contributed by atoms with Gasteiger partial charge in [0.05, 0.1) is 28.3 Å². The Morgan fingerprint density at radius 2 is 2.40 bits per heavy atom. The molecule has 5 nitrogen and oxygen atoms in total. The molecule has 15 heavy (non-hydrogen) atoms. The third-order valence-electron chi connectivity index (χ3n) is 1.97. The summed E-state index contributed by atoms with van der Waals surface area (Å²) < 4.78 is 7.05. The van der Waals surface area contributed by atoms with Gasteiger partial charge in [-0.2, -0.15) is 0 Å². The Morgan fingerprint density at radius 3 is 3.07 bits per heavy atom. The van der Waals surface area contributed by atoms with Crippen molar-refractivity contribution in [2.75, 3.05) is 0 Å². The second-order valence-electron chi connectivity index (χ2n) is 3.06. The van der Waals surface area contributed by atoms with Crippen molar-refractivity contribution in [3.8, 4) is 0 Å². The van der Waals surface area contributed by atoms with Crippen LogP contribution < -0.4 is 5.56 Å². The topological polar surface area (TPSA) is 60.9 Å². The first-order chi connectivity index (χ1) is 7.18. The van der Waals surface area contributed by atoms with E-state index in [0.717, 1.165) is 5.69 Å². The van der Waals surface area contributed by atoms with E-state index in [2.05, 4.69) is 10.1 Å². The predicted octanol–water partition coefficient (Wildman–Crippen LogP) is 1.19. The van der Waals surface area contributed by atoms with Crippen molar-refractivity contribution < 1.29 is 4.52 Å². The van der Waals surface area contributed by atoms with Gasteiger partial charge < -0.3 is 4.52 Å². The fourth-order valence-electron chi connectivity index (χ4n) is 1.15. The SMILES string of the molecule is Cc1ncn(Cc2ccno2)c(=O)c1I. The summed E-state index contributed by atoms with van der Waals surface area (Å²) in [5.41, 5.74) is 0.689.